The van der Waals surface area contributed by atoms with Gasteiger partial charge in [-0.05, 0) is 77.1 Å². The number of halogens is 1. The van der Waals surface area contributed by atoms with Crippen LogP contribution >= 0.6 is 0 Å². The molecule has 0 aliphatic carbocycles. The third-order valence-corrected chi connectivity index (χ3v) is 7.15. The highest BCUT2D eigenvalue weighted by Crippen LogP contribution is 2.38. The molecule has 0 radical (unpaired) electrons. The molecule has 1 aliphatic rings. The summed E-state index contributed by atoms with van der Waals surface area (Å²) < 4.78 is 31.9. The number of carbonyl (C=O) groups excluding carboxylic acids is 2. The van der Waals surface area contributed by atoms with Crippen molar-refractivity contribution >= 4 is 12.0 Å². The summed E-state index contributed by atoms with van der Waals surface area (Å²) >= 11 is 0. The molecule has 1 atom stereocenters. The topological polar surface area (TPSA) is 68.3 Å². The number of nitrogens with zero attached hydrogens (tertiary/aromatic N) is 2. The Labute approximate surface area is 244 Å². The molecule has 0 saturated carbocycles. The summed E-state index contributed by atoms with van der Waals surface area (Å²) in [5.41, 5.74) is 1.80. The van der Waals surface area contributed by atoms with E-state index in [2.05, 4.69) is 0 Å². The minimum Gasteiger partial charge on any atom is -0.493 e. The number of amides is 2. The zero-order valence-corrected chi connectivity index (χ0v) is 26.0. The average molecular weight is 571 g/mol. The van der Waals surface area contributed by atoms with Gasteiger partial charge in [0.1, 0.15) is 17.2 Å². The lowest BCUT2D eigenvalue weighted by atomic mass is 9.90. The van der Waals surface area contributed by atoms with Crippen LogP contribution in [0.3, 0.4) is 0 Å². The summed E-state index contributed by atoms with van der Waals surface area (Å²) in [6.45, 7) is 15.5. The van der Waals surface area contributed by atoms with Crippen LogP contribution in [-0.4, -0.2) is 72.9 Å². The van der Waals surface area contributed by atoms with Crippen LogP contribution in [0.25, 0.3) is 11.1 Å². The van der Waals surface area contributed by atoms with Crippen molar-refractivity contribution in [2.45, 2.75) is 91.3 Å². The first kappa shape index (κ1) is 32.4. The minimum atomic E-state index is -0.594. The highest BCUT2D eigenvalue weighted by molar-refractivity contribution is 5.98. The molecule has 2 aromatic rings. The second-order valence-electron chi connectivity index (χ2n) is 12.3. The van der Waals surface area contributed by atoms with Crippen LogP contribution < -0.4 is 4.74 Å². The predicted molar refractivity (Wildman–Crippen MR) is 160 cm³/mol. The number of piperidine rings is 1. The fraction of sp³-hybridized carbons (Fsp3) is 0.576. The van der Waals surface area contributed by atoms with E-state index in [9.17, 15) is 14.0 Å². The minimum absolute atomic E-state index is 0.000597. The largest absolute Gasteiger partial charge is 0.493 e. The van der Waals surface area contributed by atoms with E-state index in [-0.39, 0.29) is 35.8 Å². The van der Waals surface area contributed by atoms with Crippen molar-refractivity contribution in [3.05, 3.63) is 53.3 Å². The predicted octanol–water partition coefficient (Wildman–Crippen LogP) is 7.28. The van der Waals surface area contributed by atoms with Gasteiger partial charge in [-0.1, -0.05) is 32.0 Å². The van der Waals surface area contributed by atoms with Crippen LogP contribution in [0, 0.1) is 5.82 Å². The molecule has 1 fully saturated rings. The molecule has 7 nitrogen and oxygen atoms in total. The number of carbonyl (C=O) groups is 2. The first-order chi connectivity index (χ1) is 19.3. The van der Waals surface area contributed by atoms with Crippen LogP contribution in [0.4, 0.5) is 9.18 Å². The van der Waals surface area contributed by atoms with Crippen LogP contribution in [0.2, 0.25) is 0 Å². The zero-order chi connectivity index (χ0) is 30.3. The van der Waals surface area contributed by atoms with Crippen molar-refractivity contribution in [2.24, 2.45) is 0 Å². The van der Waals surface area contributed by atoms with Gasteiger partial charge in [0.15, 0.2) is 0 Å². The number of ether oxygens (including phenoxy) is 3. The summed E-state index contributed by atoms with van der Waals surface area (Å²) in [5, 5.41) is 0. The highest BCUT2D eigenvalue weighted by atomic mass is 19.1. The first-order valence-electron chi connectivity index (χ1n) is 14.7. The van der Waals surface area contributed by atoms with Crippen molar-refractivity contribution < 1.29 is 28.2 Å². The monoisotopic (exact) mass is 570 g/mol. The van der Waals surface area contributed by atoms with Crippen molar-refractivity contribution in [2.75, 3.05) is 33.4 Å². The van der Waals surface area contributed by atoms with Gasteiger partial charge in [0.25, 0.3) is 5.91 Å². The second kappa shape index (κ2) is 14.2. The highest BCUT2D eigenvalue weighted by Gasteiger charge is 2.35. The van der Waals surface area contributed by atoms with Gasteiger partial charge >= 0.3 is 6.09 Å². The Hall–Kier alpha value is -3.13. The number of likely N-dealkylation sites (tertiary alicyclic amines) is 1. The Morgan fingerprint density at radius 2 is 1.78 bits per heavy atom. The Morgan fingerprint density at radius 3 is 2.39 bits per heavy atom. The number of rotatable bonds is 10. The summed E-state index contributed by atoms with van der Waals surface area (Å²) in [6, 6.07) is 10.0. The maximum Gasteiger partial charge on any atom is 0.410 e. The van der Waals surface area contributed by atoms with E-state index in [1.165, 1.54) is 6.07 Å². The van der Waals surface area contributed by atoms with E-state index in [0.717, 1.165) is 18.4 Å². The molecule has 1 aliphatic heterocycles. The van der Waals surface area contributed by atoms with Gasteiger partial charge in [0, 0.05) is 56.0 Å². The molecule has 2 amide bonds. The van der Waals surface area contributed by atoms with Gasteiger partial charge in [-0.3, -0.25) is 4.79 Å². The number of methoxy groups -OCH3 is 1. The van der Waals surface area contributed by atoms with E-state index in [1.807, 2.05) is 59.4 Å². The summed E-state index contributed by atoms with van der Waals surface area (Å²) in [5.74, 6) is -0.0137. The van der Waals surface area contributed by atoms with E-state index < -0.39 is 5.60 Å². The van der Waals surface area contributed by atoms with E-state index in [4.69, 9.17) is 14.2 Å². The van der Waals surface area contributed by atoms with Gasteiger partial charge in [0.05, 0.1) is 12.6 Å². The van der Waals surface area contributed by atoms with Gasteiger partial charge in [-0.15, -0.1) is 0 Å². The fourth-order valence-corrected chi connectivity index (χ4v) is 5.29. The first-order valence-corrected chi connectivity index (χ1v) is 14.7. The zero-order valence-electron chi connectivity index (χ0n) is 26.0. The van der Waals surface area contributed by atoms with Crippen molar-refractivity contribution in [3.63, 3.8) is 0 Å². The van der Waals surface area contributed by atoms with Crippen LogP contribution in [0.1, 0.15) is 89.6 Å². The smallest absolute Gasteiger partial charge is 0.410 e. The summed E-state index contributed by atoms with van der Waals surface area (Å²) in [4.78, 5) is 30.9. The molecule has 0 aromatic heterocycles. The second-order valence-corrected chi connectivity index (χ2v) is 12.3. The lowest BCUT2D eigenvalue weighted by Crippen LogP contribution is -2.54. The Balaban J connectivity index is 2.03. The third kappa shape index (κ3) is 8.44. The van der Waals surface area contributed by atoms with Gasteiger partial charge in [-0.25, -0.2) is 9.18 Å². The molecule has 0 N–H and O–H groups in total. The summed E-state index contributed by atoms with van der Waals surface area (Å²) in [7, 11) is 1.63. The molecule has 3 rings (SSSR count). The maximum absolute atomic E-state index is 15.0. The average Bonchev–Trinajstić information content (AvgIpc) is 2.90. The van der Waals surface area contributed by atoms with Crippen LogP contribution in [0.15, 0.2) is 36.4 Å². The maximum atomic E-state index is 15.0. The molecular weight excluding hydrogens is 523 g/mol. The molecular formula is C33H47FN2O5. The SMILES string of the molecule is COCCCOc1cc(C(=O)N(C(C)C)[C@@H]2CCCN(C(=O)OC(C)(C)C)C2)c(C(C)C)cc1-c1ccccc1F. The number of hydrogen-bond donors (Lipinski definition) is 0. The molecule has 0 spiro atoms. The molecule has 2 aromatic carbocycles. The van der Waals surface area contributed by atoms with Crippen LogP contribution in [0.5, 0.6) is 5.75 Å². The van der Waals surface area contributed by atoms with Gasteiger partial charge < -0.3 is 24.0 Å². The van der Waals surface area contributed by atoms with Gasteiger partial charge in [-0.2, -0.15) is 0 Å². The van der Waals surface area contributed by atoms with E-state index >= 15 is 0 Å². The van der Waals surface area contributed by atoms with Crippen molar-refractivity contribution in [1.82, 2.24) is 9.80 Å². The molecule has 1 saturated heterocycles. The molecule has 0 unspecified atom stereocenters. The Morgan fingerprint density at radius 1 is 1.07 bits per heavy atom. The quantitative estimate of drug-likeness (QED) is 0.281. The van der Waals surface area contributed by atoms with Gasteiger partial charge in [0.2, 0.25) is 0 Å². The molecule has 226 valence electrons. The lowest BCUT2D eigenvalue weighted by Gasteiger charge is -2.42. The van der Waals surface area contributed by atoms with Crippen molar-refractivity contribution in [1.29, 1.82) is 0 Å². The fourth-order valence-electron chi connectivity index (χ4n) is 5.29. The lowest BCUT2D eigenvalue weighted by molar-refractivity contribution is 0.00749. The standard InChI is InChI=1S/C33H47FN2O5/c1-22(2)26-19-27(25-14-9-10-15-29(25)34)30(40-18-12-17-39-8)20-28(26)31(37)36(23(3)4)24-13-11-16-35(21-24)32(38)41-33(5,6)7/h9-10,14-15,19-20,22-24H,11-13,16-18,21H2,1-8H3/t24-/m1/s1. The molecule has 8 heteroatoms. The molecule has 1 heterocycles. The Kier molecular flexibility index (Phi) is 11.2. The van der Waals surface area contributed by atoms with Crippen LogP contribution in [-0.2, 0) is 9.47 Å². The molecule has 0 bridgehead atoms. The normalized spacial score (nSPS) is 15.8. The number of hydrogen-bond acceptors (Lipinski definition) is 5. The van der Waals surface area contributed by atoms with Crippen molar-refractivity contribution in [3.8, 4) is 16.9 Å². The Bertz CT molecular complexity index is 1190. The van der Waals surface area contributed by atoms with E-state index in [1.54, 1.807) is 36.3 Å². The third-order valence-electron chi connectivity index (χ3n) is 7.15. The molecule has 41 heavy (non-hydrogen) atoms. The van der Waals surface area contributed by atoms with E-state index in [0.29, 0.717) is 55.2 Å². The number of benzene rings is 2. The summed E-state index contributed by atoms with van der Waals surface area (Å²) in [6.07, 6.45) is 1.86.